The Morgan fingerprint density at radius 2 is 2.00 bits per heavy atom. The molecule has 0 amide bonds. The smallest absolute Gasteiger partial charge is 0.303 e. The molecule has 0 aliphatic heterocycles. The van der Waals surface area contributed by atoms with E-state index >= 15 is 0 Å². The molecule has 0 atom stereocenters. The van der Waals surface area contributed by atoms with Crippen LogP contribution in [0.2, 0.25) is 0 Å². The van der Waals surface area contributed by atoms with Crippen LogP contribution in [0, 0.1) is 5.41 Å². The lowest BCUT2D eigenvalue weighted by molar-refractivity contribution is -0.137. The van der Waals surface area contributed by atoms with Crippen molar-refractivity contribution in [1.29, 1.82) is 0 Å². The number of nitrogens with one attached hydrogen (secondary N) is 1. The average molecular weight is 463 g/mol. The van der Waals surface area contributed by atoms with E-state index < -0.39 is 16.0 Å². The average Bonchev–Trinajstić information content (AvgIpc) is 2.66. The Balaban J connectivity index is 2.58. The fraction of sp³-hybridized carbons (Fsp3) is 0.583. The molecule has 0 unspecified atom stereocenters. The molecular weight excluding hydrogens is 446 g/mol. The van der Waals surface area contributed by atoms with Gasteiger partial charge in [0.05, 0.1) is 7.57 Å². The van der Waals surface area contributed by atoms with Crippen molar-refractivity contribution in [2.45, 2.75) is 38.0 Å². The second-order valence-corrected chi connectivity index (χ2v) is 10.9. The van der Waals surface area contributed by atoms with Gasteiger partial charge in [-0.3, -0.25) is 4.79 Å². The Morgan fingerprint density at radius 1 is 1.38 bits per heavy atom. The number of hydrogen-bond acceptors (Lipinski definition) is 4. The van der Waals surface area contributed by atoms with Crippen LogP contribution in [0.3, 0.4) is 0 Å². The summed E-state index contributed by atoms with van der Waals surface area (Å²) in [5.74, 6) is -0.837. The first kappa shape index (κ1) is 19.1. The molecule has 0 radical (unpaired) electrons. The van der Waals surface area contributed by atoms with Gasteiger partial charge < -0.3 is 5.11 Å². The van der Waals surface area contributed by atoms with Crippen molar-refractivity contribution in [3.63, 3.8) is 0 Å². The maximum atomic E-state index is 12.2. The summed E-state index contributed by atoms with van der Waals surface area (Å²) in [5, 5.41) is 8.69. The Bertz CT molecular complexity index is 611. The molecule has 1 aromatic rings. The summed E-state index contributed by atoms with van der Waals surface area (Å²) < 4.78 is 28.2. The first-order valence-corrected chi connectivity index (χ1v) is 10.1. The third-order valence-corrected chi connectivity index (χ3v) is 7.24. The maximum absolute atomic E-state index is 12.2. The first-order chi connectivity index (χ1) is 9.53. The molecule has 1 heterocycles. The van der Waals surface area contributed by atoms with Crippen molar-refractivity contribution in [2.75, 3.05) is 6.54 Å². The minimum atomic E-state index is -3.56. The normalized spacial score (nSPS) is 12.6. The summed E-state index contributed by atoms with van der Waals surface area (Å²) in [6.45, 7) is 4.14. The third kappa shape index (κ3) is 6.35. The largest absolute Gasteiger partial charge is 0.481 e. The standard InChI is InChI=1S/C12H17Br2NO4S2/c1-12(2,4-3-10(16)17)5-6-15-21(18,19)8-7-9(13)20-11(8)14/h7,15H,3-6H2,1-2H3,(H,16,17). The van der Waals surface area contributed by atoms with Gasteiger partial charge in [-0.05, 0) is 56.2 Å². The van der Waals surface area contributed by atoms with Crippen molar-refractivity contribution in [3.8, 4) is 0 Å². The second kappa shape index (κ2) is 7.54. The summed E-state index contributed by atoms with van der Waals surface area (Å²) >= 11 is 7.77. The van der Waals surface area contributed by atoms with E-state index in [9.17, 15) is 13.2 Å². The van der Waals surface area contributed by atoms with E-state index in [2.05, 4.69) is 36.6 Å². The van der Waals surface area contributed by atoms with E-state index in [1.807, 2.05) is 13.8 Å². The number of aliphatic carboxylic acids is 1. The quantitative estimate of drug-likeness (QED) is 0.614. The molecule has 5 nitrogen and oxygen atoms in total. The Morgan fingerprint density at radius 3 is 2.48 bits per heavy atom. The van der Waals surface area contributed by atoms with Crippen LogP contribution in [0.15, 0.2) is 18.5 Å². The molecule has 0 bridgehead atoms. The Labute approximate surface area is 145 Å². The van der Waals surface area contributed by atoms with Gasteiger partial charge in [-0.15, -0.1) is 11.3 Å². The fourth-order valence-corrected chi connectivity index (χ4v) is 6.52. The predicted molar refractivity (Wildman–Crippen MR) is 90.2 cm³/mol. The summed E-state index contributed by atoms with van der Waals surface area (Å²) in [5.41, 5.74) is -0.229. The van der Waals surface area contributed by atoms with E-state index in [1.165, 1.54) is 11.3 Å². The van der Waals surface area contributed by atoms with Gasteiger partial charge >= 0.3 is 5.97 Å². The first-order valence-electron chi connectivity index (χ1n) is 6.20. The van der Waals surface area contributed by atoms with Gasteiger partial charge in [-0.1, -0.05) is 13.8 Å². The summed E-state index contributed by atoms with van der Waals surface area (Å²) in [6.07, 6.45) is 1.17. The van der Waals surface area contributed by atoms with E-state index in [0.29, 0.717) is 16.6 Å². The van der Waals surface area contributed by atoms with Crippen LogP contribution >= 0.6 is 43.2 Å². The number of rotatable bonds is 8. The molecule has 0 aliphatic carbocycles. The Hall–Kier alpha value is 0.0400. The highest BCUT2D eigenvalue weighted by atomic mass is 79.9. The van der Waals surface area contributed by atoms with Crippen molar-refractivity contribution in [1.82, 2.24) is 4.72 Å². The number of carbonyl (C=O) groups is 1. The number of sulfonamides is 1. The predicted octanol–water partition coefficient (Wildman–Crippen LogP) is 3.83. The van der Waals surface area contributed by atoms with Gasteiger partial charge in [0.2, 0.25) is 10.0 Å². The van der Waals surface area contributed by atoms with Crippen LogP contribution in [0.4, 0.5) is 0 Å². The van der Waals surface area contributed by atoms with Gasteiger partial charge in [0.15, 0.2) is 0 Å². The molecule has 0 saturated carbocycles. The van der Waals surface area contributed by atoms with E-state index in [-0.39, 0.29) is 23.3 Å². The van der Waals surface area contributed by atoms with Crippen LogP contribution in [0.5, 0.6) is 0 Å². The van der Waals surface area contributed by atoms with Crippen molar-refractivity contribution >= 4 is 59.2 Å². The van der Waals surface area contributed by atoms with Crippen molar-refractivity contribution in [3.05, 3.63) is 13.6 Å². The second-order valence-electron chi connectivity index (χ2n) is 5.39. The third-order valence-electron chi connectivity index (χ3n) is 3.02. The number of halogens is 2. The van der Waals surface area contributed by atoms with Crippen LogP contribution in [-0.2, 0) is 14.8 Å². The van der Waals surface area contributed by atoms with Crippen molar-refractivity contribution < 1.29 is 18.3 Å². The minimum absolute atomic E-state index is 0.0861. The summed E-state index contributed by atoms with van der Waals surface area (Å²) in [4.78, 5) is 10.8. The molecular formula is C12H17Br2NO4S2. The highest BCUT2D eigenvalue weighted by molar-refractivity contribution is 9.12. The minimum Gasteiger partial charge on any atom is -0.481 e. The topological polar surface area (TPSA) is 83.5 Å². The lowest BCUT2D eigenvalue weighted by atomic mass is 9.84. The molecule has 0 fully saturated rings. The SMILES string of the molecule is CC(C)(CCNS(=O)(=O)c1cc(Br)sc1Br)CCC(=O)O. The zero-order chi connectivity index (χ0) is 16.3. The fourth-order valence-electron chi connectivity index (χ4n) is 1.68. The lowest BCUT2D eigenvalue weighted by Gasteiger charge is -2.23. The van der Waals surface area contributed by atoms with E-state index in [1.54, 1.807) is 6.07 Å². The van der Waals surface area contributed by atoms with Crippen LogP contribution < -0.4 is 4.72 Å². The molecule has 9 heteroatoms. The van der Waals surface area contributed by atoms with Gasteiger partial charge in [0.1, 0.15) is 4.90 Å². The van der Waals surface area contributed by atoms with Gasteiger partial charge in [-0.2, -0.15) is 0 Å². The monoisotopic (exact) mass is 461 g/mol. The zero-order valence-corrected chi connectivity index (χ0v) is 16.5. The van der Waals surface area contributed by atoms with Crippen LogP contribution in [0.25, 0.3) is 0 Å². The molecule has 0 spiro atoms. The summed E-state index contributed by atoms with van der Waals surface area (Å²) in [7, 11) is -3.56. The molecule has 21 heavy (non-hydrogen) atoms. The van der Waals surface area contributed by atoms with Crippen LogP contribution in [-0.4, -0.2) is 26.0 Å². The molecule has 2 N–H and O–H groups in total. The molecule has 0 saturated heterocycles. The highest BCUT2D eigenvalue weighted by Crippen LogP contribution is 2.34. The maximum Gasteiger partial charge on any atom is 0.303 e. The molecule has 1 rings (SSSR count). The zero-order valence-electron chi connectivity index (χ0n) is 11.7. The van der Waals surface area contributed by atoms with Crippen LogP contribution in [0.1, 0.15) is 33.1 Å². The summed E-state index contributed by atoms with van der Waals surface area (Å²) in [6, 6.07) is 1.55. The lowest BCUT2D eigenvalue weighted by Crippen LogP contribution is -2.28. The molecule has 0 aliphatic rings. The molecule has 1 aromatic heterocycles. The van der Waals surface area contributed by atoms with E-state index in [0.717, 1.165) is 3.79 Å². The molecule has 120 valence electrons. The number of carboxylic acids is 1. The number of carboxylic acid groups (broad SMARTS) is 1. The molecule has 0 aromatic carbocycles. The van der Waals surface area contributed by atoms with Crippen molar-refractivity contribution in [2.24, 2.45) is 5.41 Å². The van der Waals surface area contributed by atoms with E-state index in [4.69, 9.17) is 5.11 Å². The number of hydrogen-bond donors (Lipinski definition) is 2. The van der Waals surface area contributed by atoms with Gasteiger partial charge in [0.25, 0.3) is 0 Å². The number of thiophene rings is 1. The van der Waals surface area contributed by atoms with Gasteiger partial charge in [0, 0.05) is 13.0 Å². The van der Waals surface area contributed by atoms with Gasteiger partial charge in [-0.25, -0.2) is 13.1 Å². The highest BCUT2D eigenvalue weighted by Gasteiger charge is 2.23. The Kier molecular flexibility index (Phi) is 6.85.